The van der Waals surface area contributed by atoms with Crippen LogP contribution in [0.1, 0.15) is 20.3 Å². The van der Waals surface area contributed by atoms with Crippen molar-refractivity contribution in [3.05, 3.63) is 58.2 Å². The van der Waals surface area contributed by atoms with Crippen molar-refractivity contribution in [2.75, 3.05) is 26.2 Å². The van der Waals surface area contributed by atoms with Crippen LogP contribution in [0, 0.1) is 0 Å². The Morgan fingerprint density at radius 1 is 1.09 bits per heavy atom. The lowest BCUT2D eigenvalue weighted by Gasteiger charge is -2.35. The van der Waals surface area contributed by atoms with Crippen molar-refractivity contribution < 1.29 is 17.9 Å². The molecule has 3 aromatic rings. The van der Waals surface area contributed by atoms with Gasteiger partial charge in [-0.2, -0.15) is 4.31 Å². The molecule has 1 aliphatic heterocycles. The van der Waals surface area contributed by atoms with E-state index >= 15 is 0 Å². The Hall–Kier alpha value is -2.69. The first-order valence-corrected chi connectivity index (χ1v) is 13.2. The van der Waals surface area contributed by atoms with Gasteiger partial charge in [-0.1, -0.05) is 36.5 Å². The number of para-hydroxylation sites is 1. The van der Waals surface area contributed by atoms with Crippen molar-refractivity contribution in [3.8, 4) is 5.75 Å². The molecular formula is C23H27N3O5S2. The van der Waals surface area contributed by atoms with E-state index in [1.807, 2.05) is 25.1 Å². The number of benzene rings is 2. The molecule has 1 saturated heterocycles. The number of aromatic nitrogens is 1. The Morgan fingerprint density at radius 3 is 2.45 bits per heavy atom. The van der Waals surface area contributed by atoms with Gasteiger partial charge in [0.2, 0.25) is 10.0 Å². The third-order valence-corrected chi connectivity index (χ3v) is 8.52. The second kappa shape index (κ2) is 9.66. The van der Waals surface area contributed by atoms with Gasteiger partial charge in [0.05, 0.1) is 15.1 Å². The summed E-state index contributed by atoms with van der Waals surface area (Å²) in [6.45, 7) is 5.30. The molecule has 0 bridgehead atoms. The zero-order valence-corrected chi connectivity index (χ0v) is 20.3. The van der Waals surface area contributed by atoms with Gasteiger partial charge in [-0.05, 0) is 43.7 Å². The summed E-state index contributed by atoms with van der Waals surface area (Å²) in [5, 5.41) is 0. The van der Waals surface area contributed by atoms with Crippen molar-refractivity contribution in [3.63, 3.8) is 0 Å². The fourth-order valence-electron chi connectivity index (χ4n) is 3.95. The van der Waals surface area contributed by atoms with Gasteiger partial charge >= 0.3 is 4.87 Å². The Labute approximate surface area is 197 Å². The van der Waals surface area contributed by atoms with Crippen LogP contribution < -0.4 is 9.61 Å². The Morgan fingerprint density at radius 2 is 1.79 bits per heavy atom. The monoisotopic (exact) mass is 489 g/mol. The maximum atomic E-state index is 13.2. The van der Waals surface area contributed by atoms with Gasteiger partial charge in [-0.15, -0.1) is 0 Å². The maximum Gasteiger partial charge on any atom is 0.308 e. The molecule has 2 aromatic carbocycles. The first-order chi connectivity index (χ1) is 15.8. The van der Waals surface area contributed by atoms with Crippen molar-refractivity contribution in [2.45, 2.75) is 37.8 Å². The Kier molecular flexibility index (Phi) is 6.87. The highest BCUT2D eigenvalue weighted by Crippen LogP contribution is 2.25. The average Bonchev–Trinajstić information content (AvgIpc) is 3.14. The number of hydrogen-bond donors (Lipinski definition) is 0. The van der Waals surface area contributed by atoms with Gasteiger partial charge in [-0.25, -0.2) is 8.42 Å². The fourth-order valence-corrected chi connectivity index (χ4v) is 6.43. The Bertz CT molecular complexity index is 1290. The number of ether oxygens (including phenoxy) is 1. The summed E-state index contributed by atoms with van der Waals surface area (Å²) in [7, 11) is -3.73. The molecule has 0 radical (unpaired) electrons. The lowest BCUT2D eigenvalue weighted by atomic mass is 10.3. The normalized spacial score (nSPS) is 16.1. The molecule has 8 nitrogen and oxygen atoms in total. The molecule has 10 heteroatoms. The van der Waals surface area contributed by atoms with Crippen LogP contribution in [0.5, 0.6) is 5.75 Å². The van der Waals surface area contributed by atoms with Crippen LogP contribution in [0.3, 0.4) is 0 Å². The van der Waals surface area contributed by atoms with Crippen LogP contribution in [0.4, 0.5) is 0 Å². The lowest BCUT2D eigenvalue weighted by molar-refractivity contribution is -0.139. The molecule has 0 N–H and O–H groups in total. The van der Waals surface area contributed by atoms with E-state index in [0.29, 0.717) is 30.1 Å². The minimum Gasteiger partial charge on any atom is -0.481 e. The number of fused-ring (bicyclic) bond motifs is 1. The first-order valence-electron chi connectivity index (χ1n) is 11.0. The molecule has 0 spiro atoms. The van der Waals surface area contributed by atoms with E-state index in [0.717, 1.165) is 23.3 Å². The quantitative estimate of drug-likeness (QED) is 0.509. The van der Waals surface area contributed by atoms with E-state index in [2.05, 4.69) is 0 Å². The summed E-state index contributed by atoms with van der Waals surface area (Å²) >= 11 is 1.06. The molecule has 4 rings (SSSR count). The fraction of sp³-hybridized carbons (Fsp3) is 0.391. The van der Waals surface area contributed by atoms with E-state index in [1.165, 1.54) is 4.31 Å². The number of carbonyl (C=O) groups is 1. The molecule has 1 aromatic heterocycles. The SMILES string of the molecule is CCCn1c(=O)sc2cc(S(=O)(=O)N3CCN(C(=O)C(C)Oc4ccccc4)CC3)ccc21. The van der Waals surface area contributed by atoms with E-state index in [4.69, 9.17) is 4.74 Å². The minimum atomic E-state index is -3.73. The number of amides is 1. The average molecular weight is 490 g/mol. The molecule has 176 valence electrons. The third-order valence-electron chi connectivity index (χ3n) is 5.68. The molecule has 1 aliphatic rings. The summed E-state index contributed by atoms with van der Waals surface area (Å²) in [4.78, 5) is 26.7. The summed E-state index contributed by atoms with van der Waals surface area (Å²) in [5.74, 6) is 0.449. The summed E-state index contributed by atoms with van der Waals surface area (Å²) in [6.07, 6.45) is 0.164. The van der Waals surface area contributed by atoms with E-state index in [1.54, 1.807) is 46.7 Å². The largest absolute Gasteiger partial charge is 0.481 e. The number of piperazine rings is 1. The van der Waals surface area contributed by atoms with Crippen LogP contribution in [-0.2, 0) is 21.4 Å². The summed E-state index contributed by atoms with van der Waals surface area (Å²) < 4.78 is 35.9. The van der Waals surface area contributed by atoms with E-state index in [-0.39, 0.29) is 28.8 Å². The van der Waals surface area contributed by atoms with E-state index in [9.17, 15) is 18.0 Å². The number of sulfonamides is 1. The number of nitrogens with zero attached hydrogens (tertiary/aromatic N) is 3. The maximum absolute atomic E-state index is 13.2. The van der Waals surface area contributed by atoms with E-state index < -0.39 is 16.1 Å². The van der Waals surface area contributed by atoms with Crippen LogP contribution >= 0.6 is 11.3 Å². The van der Waals surface area contributed by atoms with Crippen LogP contribution in [-0.4, -0.2) is 60.4 Å². The van der Waals surface area contributed by atoms with Crippen LogP contribution in [0.2, 0.25) is 0 Å². The third kappa shape index (κ3) is 4.83. The van der Waals surface area contributed by atoms with Gasteiger partial charge in [0.25, 0.3) is 5.91 Å². The predicted octanol–water partition coefficient (Wildman–Crippen LogP) is 2.77. The molecule has 0 saturated carbocycles. The number of rotatable bonds is 7. The summed E-state index contributed by atoms with van der Waals surface area (Å²) in [5.41, 5.74) is 0.758. The summed E-state index contributed by atoms with van der Waals surface area (Å²) in [6, 6.07) is 14.0. The van der Waals surface area contributed by atoms with Crippen molar-refractivity contribution in [1.82, 2.24) is 13.8 Å². The van der Waals surface area contributed by atoms with Crippen molar-refractivity contribution in [2.24, 2.45) is 0 Å². The zero-order chi connectivity index (χ0) is 23.6. The number of aryl methyl sites for hydroxylation is 1. The second-order valence-electron chi connectivity index (χ2n) is 7.95. The highest BCUT2D eigenvalue weighted by atomic mass is 32.2. The molecular weight excluding hydrogens is 462 g/mol. The van der Waals surface area contributed by atoms with Gasteiger partial charge in [-0.3, -0.25) is 14.2 Å². The predicted molar refractivity (Wildman–Crippen MR) is 128 cm³/mol. The van der Waals surface area contributed by atoms with Crippen LogP contribution in [0.15, 0.2) is 58.2 Å². The lowest BCUT2D eigenvalue weighted by Crippen LogP contribution is -2.53. The van der Waals surface area contributed by atoms with Crippen LogP contribution in [0.25, 0.3) is 10.2 Å². The number of hydrogen-bond acceptors (Lipinski definition) is 6. The van der Waals surface area contributed by atoms with Gasteiger partial charge in [0.15, 0.2) is 6.10 Å². The zero-order valence-electron chi connectivity index (χ0n) is 18.6. The molecule has 1 unspecified atom stereocenters. The minimum absolute atomic E-state index is 0.0830. The molecule has 1 amide bonds. The van der Waals surface area contributed by atoms with Gasteiger partial charge < -0.3 is 9.64 Å². The number of carbonyl (C=O) groups excluding carboxylic acids is 1. The molecule has 0 aliphatic carbocycles. The molecule has 1 fully saturated rings. The Balaban J connectivity index is 1.43. The van der Waals surface area contributed by atoms with Crippen molar-refractivity contribution in [1.29, 1.82) is 0 Å². The highest BCUT2D eigenvalue weighted by Gasteiger charge is 2.32. The standard InChI is InChI=1S/C23H27N3O5S2/c1-3-11-26-20-10-9-19(16-21(20)32-23(26)28)33(29,30)25-14-12-24(13-15-25)22(27)17(2)31-18-7-5-4-6-8-18/h4-10,16-17H,3,11-15H2,1-2H3. The molecule has 33 heavy (non-hydrogen) atoms. The van der Waals surface area contributed by atoms with Gasteiger partial charge in [0, 0.05) is 32.7 Å². The number of thiazole rings is 1. The van der Waals surface area contributed by atoms with Crippen molar-refractivity contribution >= 4 is 37.5 Å². The molecule has 2 heterocycles. The topological polar surface area (TPSA) is 88.9 Å². The highest BCUT2D eigenvalue weighted by molar-refractivity contribution is 7.89. The van der Waals surface area contributed by atoms with Gasteiger partial charge in [0.1, 0.15) is 5.75 Å². The molecule has 1 atom stereocenters. The first kappa shape index (κ1) is 23.5. The smallest absolute Gasteiger partial charge is 0.308 e. The second-order valence-corrected chi connectivity index (χ2v) is 10.9.